The Hall–Kier alpha value is -2.38. The second-order valence-electron chi connectivity index (χ2n) is 7.21. The van der Waals surface area contributed by atoms with Crippen LogP contribution in [0.3, 0.4) is 0 Å². The summed E-state index contributed by atoms with van der Waals surface area (Å²) in [5, 5.41) is 0.199. The molecule has 148 valence electrons. The lowest BCUT2D eigenvalue weighted by molar-refractivity contribution is -0.137. The summed E-state index contributed by atoms with van der Waals surface area (Å²) in [7, 11) is 0. The lowest BCUT2D eigenvalue weighted by Gasteiger charge is -2.39. The van der Waals surface area contributed by atoms with Crippen molar-refractivity contribution in [3.05, 3.63) is 59.4 Å². The molecule has 0 bridgehead atoms. The van der Waals surface area contributed by atoms with Crippen LogP contribution >= 0.6 is 11.9 Å². The minimum absolute atomic E-state index is 0.00262. The van der Waals surface area contributed by atoms with Gasteiger partial charge in [0, 0.05) is 19.0 Å². The van der Waals surface area contributed by atoms with Crippen LogP contribution in [-0.4, -0.2) is 35.1 Å². The summed E-state index contributed by atoms with van der Waals surface area (Å²) in [6.45, 7) is 6.68. The third kappa shape index (κ3) is 4.54. The van der Waals surface area contributed by atoms with E-state index in [1.54, 1.807) is 24.0 Å². The molecule has 1 aliphatic rings. The van der Waals surface area contributed by atoms with Crippen molar-refractivity contribution >= 4 is 23.8 Å². The van der Waals surface area contributed by atoms with E-state index in [0.717, 1.165) is 11.1 Å². The molecule has 1 fully saturated rings. The van der Waals surface area contributed by atoms with Gasteiger partial charge in [-0.2, -0.15) is 4.83 Å². The minimum atomic E-state index is -0.527. The van der Waals surface area contributed by atoms with Gasteiger partial charge in [-0.1, -0.05) is 56.1 Å². The zero-order valence-electron chi connectivity index (χ0n) is 16.2. The molecule has 0 aromatic heterocycles. The molecule has 28 heavy (non-hydrogen) atoms. The molecule has 2 aromatic rings. The van der Waals surface area contributed by atoms with Crippen molar-refractivity contribution in [3.8, 4) is 11.1 Å². The largest absolute Gasteiger partial charge is 0.340 e. The lowest BCUT2D eigenvalue weighted by atomic mass is 9.99. The Morgan fingerprint density at radius 1 is 1.14 bits per heavy atom. The Morgan fingerprint density at radius 3 is 2.46 bits per heavy atom. The summed E-state index contributed by atoms with van der Waals surface area (Å²) < 4.78 is 14.5. The number of halogens is 1. The average molecular weight is 402 g/mol. The molecule has 0 saturated carbocycles. The first kappa shape index (κ1) is 20.4. The van der Waals surface area contributed by atoms with Crippen molar-refractivity contribution in [2.24, 2.45) is 5.92 Å². The van der Waals surface area contributed by atoms with Crippen molar-refractivity contribution in [2.45, 2.75) is 26.0 Å². The van der Waals surface area contributed by atoms with Crippen molar-refractivity contribution in [1.82, 2.24) is 15.2 Å². The second kappa shape index (κ2) is 8.75. The van der Waals surface area contributed by atoms with E-state index < -0.39 is 11.7 Å². The van der Waals surface area contributed by atoms with Crippen LogP contribution in [0.1, 0.15) is 29.8 Å². The van der Waals surface area contributed by atoms with E-state index in [2.05, 4.69) is 10.3 Å². The molecule has 0 unspecified atom stereocenters. The topological polar surface area (TPSA) is 61.4 Å². The predicted octanol–water partition coefficient (Wildman–Crippen LogP) is 3.55. The van der Waals surface area contributed by atoms with Crippen molar-refractivity contribution in [1.29, 1.82) is 0 Å². The maximum atomic E-state index is 14.5. The molecular weight excluding hydrogens is 377 g/mol. The van der Waals surface area contributed by atoms with Gasteiger partial charge >= 0.3 is 0 Å². The van der Waals surface area contributed by atoms with E-state index in [1.807, 2.05) is 44.2 Å². The number of benzene rings is 2. The van der Waals surface area contributed by atoms with Crippen LogP contribution in [0.25, 0.3) is 11.1 Å². The number of hydrogen-bond donors (Lipinski definition) is 2. The Kier molecular flexibility index (Phi) is 6.36. The van der Waals surface area contributed by atoms with Gasteiger partial charge in [0.15, 0.2) is 0 Å². The first-order valence-electron chi connectivity index (χ1n) is 9.22. The van der Waals surface area contributed by atoms with Gasteiger partial charge in [-0.15, -0.1) is 0 Å². The van der Waals surface area contributed by atoms with Crippen LogP contribution in [-0.2, 0) is 4.79 Å². The van der Waals surface area contributed by atoms with Crippen LogP contribution in [0.2, 0.25) is 0 Å². The van der Waals surface area contributed by atoms with E-state index in [1.165, 1.54) is 11.9 Å². The first-order chi connectivity index (χ1) is 13.4. The van der Waals surface area contributed by atoms with Gasteiger partial charge in [-0.3, -0.25) is 15.0 Å². The fourth-order valence-electron chi connectivity index (χ4n) is 3.02. The number of hydrogen-bond acceptors (Lipinski definition) is 4. The molecule has 0 radical (unpaired) electrons. The molecule has 0 atom stereocenters. The van der Waals surface area contributed by atoms with E-state index >= 15 is 0 Å². The number of rotatable bonds is 6. The Labute approximate surface area is 168 Å². The molecule has 0 aliphatic carbocycles. The van der Waals surface area contributed by atoms with Gasteiger partial charge in [-0.25, -0.2) is 4.39 Å². The number of nitrogens with zero attached hydrogens (tertiary/aromatic N) is 1. The number of nitrogens with one attached hydrogen (secondary N) is 2. The lowest BCUT2D eigenvalue weighted by Crippen LogP contribution is -2.54. The Bertz CT molecular complexity index is 867. The van der Waals surface area contributed by atoms with Gasteiger partial charge in [0.2, 0.25) is 5.91 Å². The number of aryl methyl sites for hydroxylation is 1. The molecule has 1 heterocycles. The highest BCUT2D eigenvalue weighted by Crippen LogP contribution is 2.25. The van der Waals surface area contributed by atoms with E-state index in [0.29, 0.717) is 18.7 Å². The average Bonchev–Trinajstić information content (AvgIpc) is 2.65. The first-order valence-corrected chi connectivity index (χ1v) is 10.1. The molecule has 7 heteroatoms. The molecule has 1 aliphatic heterocycles. The van der Waals surface area contributed by atoms with Gasteiger partial charge in [0.1, 0.15) is 5.82 Å². The van der Waals surface area contributed by atoms with E-state index in [-0.39, 0.29) is 22.6 Å². The number of hydrazine groups is 1. The van der Waals surface area contributed by atoms with Crippen molar-refractivity contribution < 1.29 is 14.0 Å². The summed E-state index contributed by atoms with van der Waals surface area (Å²) in [6, 6.07) is 12.8. The van der Waals surface area contributed by atoms with Crippen LogP contribution in [0.4, 0.5) is 4.39 Å². The maximum Gasteiger partial charge on any atom is 0.269 e. The minimum Gasteiger partial charge on any atom is -0.340 e. The summed E-state index contributed by atoms with van der Waals surface area (Å²) in [5.74, 6) is -0.931. The second-order valence-corrected chi connectivity index (χ2v) is 8.32. The van der Waals surface area contributed by atoms with E-state index in [9.17, 15) is 14.0 Å². The summed E-state index contributed by atoms with van der Waals surface area (Å²) in [5.41, 5.74) is 4.67. The van der Waals surface area contributed by atoms with Crippen LogP contribution < -0.4 is 10.3 Å². The smallest absolute Gasteiger partial charge is 0.269 e. The molecule has 2 amide bonds. The molecule has 1 saturated heterocycles. The zero-order valence-corrected chi connectivity index (χ0v) is 17.0. The maximum absolute atomic E-state index is 14.5. The molecule has 2 N–H and O–H groups in total. The summed E-state index contributed by atoms with van der Waals surface area (Å²) >= 11 is 1.33. The normalized spacial score (nSPS) is 14.1. The highest BCUT2D eigenvalue weighted by molar-refractivity contribution is 7.98. The highest BCUT2D eigenvalue weighted by atomic mass is 32.2. The molecule has 5 nitrogen and oxygen atoms in total. The fraction of sp³-hybridized carbons (Fsp3) is 0.333. The molecule has 3 rings (SSSR count). The van der Waals surface area contributed by atoms with Gasteiger partial charge < -0.3 is 4.90 Å². The third-order valence-electron chi connectivity index (χ3n) is 4.65. The summed E-state index contributed by atoms with van der Waals surface area (Å²) in [4.78, 5) is 28.9. The predicted molar refractivity (Wildman–Crippen MR) is 110 cm³/mol. The quantitative estimate of drug-likeness (QED) is 0.574. The zero-order chi connectivity index (χ0) is 20.3. The SMILES string of the molecule is Cc1cc(-c2ccccc2)cc(C(=O)NNSC2CN(C(=O)C(C)C)C2)c1F. The van der Waals surface area contributed by atoms with Crippen molar-refractivity contribution in [3.63, 3.8) is 0 Å². The Balaban J connectivity index is 1.58. The monoisotopic (exact) mass is 401 g/mol. The van der Waals surface area contributed by atoms with Crippen molar-refractivity contribution in [2.75, 3.05) is 13.1 Å². The number of likely N-dealkylation sites (tertiary alicyclic amines) is 1. The van der Waals surface area contributed by atoms with E-state index in [4.69, 9.17) is 0 Å². The van der Waals surface area contributed by atoms with Crippen LogP contribution in [0.15, 0.2) is 42.5 Å². The fourth-order valence-corrected chi connectivity index (χ4v) is 3.84. The Morgan fingerprint density at radius 2 is 1.82 bits per heavy atom. The highest BCUT2D eigenvalue weighted by Gasteiger charge is 2.32. The van der Waals surface area contributed by atoms with Gasteiger partial charge in [0.25, 0.3) is 5.91 Å². The van der Waals surface area contributed by atoms with Crippen LogP contribution in [0, 0.1) is 18.7 Å². The standard InChI is InChI=1S/C21H24FN3O2S/c1-13(2)21(27)25-11-17(12-25)28-24-23-20(26)18-10-16(9-14(3)19(18)22)15-7-5-4-6-8-15/h4-10,13,17,24H,11-12H2,1-3H3,(H,23,26). The summed E-state index contributed by atoms with van der Waals surface area (Å²) in [6.07, 6.45) is 0. The molecular formula is C21H24FN3O2S. The van der Waals surface area contributed by atoms with Gasteiger partial charge in [-0.05, 0) is 35.7 Å². The third-order valence-corrected chi connectivity index (χ3v) is 5.50. The molecule has 2 aromatic carbocycles. The van der Waals surface area contributed by atoms with Crippen LogP contribution in [0.5, 0.6) is 0 Å². The number of carbonyl (C=O) groups excluding carboxylic acids is 2. The number of amides is 2. The van der Waals surface area contributed by atoms with Gasteiger partial charge in [0.05, 0.1) is 10.8 Å². The number of carbonyl (C=O) groups is 2. The molecule has 0 spiro atoms.